The van der Waals surface area contributed by atoms with E-state index in [-0.39, 0.29) is 12.0 Å². The molecule has 2 rings (SSSR count). The molecule has 0 spiro atoms. The minimum atomic E-state index is -0.144. The van der Waals surface area contributed by atoms with E-state index in [1.807, 2.05) is 24.3 Å². The van der Waals surface area contributed by atoms with Gasteiger partial charge < -0.3 is 14.9 Å². The second kappa shape index (κ2) is 7.05. The summed E-state index contributed by atoms with van der Waals surface area (Å²) in [4.78, 5) is 15.8. The molecule has 1 amide bonds. The summed E-state index contributed by atoms with van der Waals surface area (Å²) in [7, 11) is 5.61. The molecule has 1 saturated carbocycles. The van der Waals surface area contributed by atoms with Gasteiger partial charge in [-0.25, -0.2) is 0 Å². The van der Waals surface area contributed by atoms with E-state index < -0.39 is 0 Å². The van der Waals surface area contributed by atoms with Crippen LogP contribution in [0.1, 0.15) is 35.2 Å². The van der Waals surface area contributed by atoms with Crippen molar-refractivity contribution in [2.75, 3.05) is 27.7 Å². The number of aliphatic hydroxyl groups is 1. The van der Waals surface area contributed by atoms with Crippen LogP contribution >= 0.6 is 0 Å². The lowest BCUT2D eigenvalue weighted by Crippen LogP contribution is -2.29. The van der Waals surface area contributed by atoms with E-state index in [9.17, 15) is 9.90 Å². The molecule has 0 aromatic heterocycles. The van der Waals surface area contributed by atoms with Gasteiger partial charge in [-0.05, 0) is 43.5 Å². The van der Waals surface area contributed by atoms with Crippen LogP contribution in [0.2, 0.25) is 0 Å². The summed E-state index contributed by atoms with van der Waals surface area (Å²) in [6, 6.07) is 7.80. The molecular formula is C17H26N2O2. The molecule has 0 bridgehead atoms. The zero-order valence-electron chi connectivity index (χ0n) is 13.2. The lowest BCUT2D eigenvalue weighted by atomic mass is 10.0. The molecule has 0 heterocycles. The second-order valence-electron chi connectivity index (χ2n) is 6.36. The van der Waals surface area contributed by atoms with E-state index in [0.29, 0.717) is 5.92 Å². The quantitative estimate of drug-likeness (QED) is 0.902. The summed E-state index contributed by atoms with van der Waals surface area (Å²) < 4.78 is 0. The van der Waals surface area contributed by atoms with Gasteiger partial charge in [0.1, 0.15) is 0 Å². The van der Waals surface area contributed by atoms with Gasteiger partial charge in [0.15, 0.2) is 0 Å². The maximum atomic E-state index is 12.0. The monoisotopic (exact) mass is 290 g/mol. The standard InChI is InChI=1S/C17H26N2O2/c1-18(2)17(21)14-7-4-6-13(10-14)11-19(3)12-15-8-5-9-16(15)20/h4,6-7,10,15-16,20H,5,8-9,11-12H2,1-3H3. The van der Waals surface area contributed by atoms with Crippen LogP contribution in [0.15, 0.2) is 24.3 Å². The van der Waals surface area contributed by atoms with Gasteiger partial charge in [0, 0.05) is 32.7 Å². The van der Waals surface area contributed by atoms with Crippen molar-refractivity contribution in [1.82, 2.24) is 9.80 Å². The Balaban J connectivity index is 1.96. The molecule has 21 heavy (non-hydrogen) atoms. The van der Waals surface area contributed by atoms with Crippen molar-refractivity contribution in [1.29, 1.82) is 0 Å². The van der Waals surface area contributed by atoms with E-state index >= 15 is 0 Å². The van der Waals surface area contributed by atoms with Crippen molar-refractivity contribution in [3.63, 3.8) is 0 Å². The Morgan fingerprint density at radius 1 is 1.29 bits per heavy atom. The van der Waals surface area contributed by atoms with E-state index in [1.54, 1.807) is 19.0 Å². The number of carbonyl (C=O) groups is 1. The van der Waals surface area contributed by atoms with Gasteiger partial charge in [0.05, 0.1) is 6.10 Å². The Morgan fingerprint density at radius 3 is 2.67 bits per heavy atom. The van der Waals surface area contributed by atoms with Crippen LogP contribution in [0.3, 0.4) is 0 Å². The van der Waals surface area contributed by atoms with Crippen molar-refractivity contribution in [3.8, 4) is 0 Å². The maximum Gasteiger partial charge on any atom is 0.253 e. The zero-order valence-corrected chi connectivity index (χ0v) is 13.2. The summed E-state index contributed by atoms with van der Waals surface area (Å²) in [5.41, 5.74) is 1.87. The Kier molecular flexibility index (Phi) is 5.37. The molecule has 4 heteroatoms. The average Bonchev–Trinajstić information content (AvgIpc) is 2.83. The molecule has 1 aliphatic rings. The van der Waals surface area contributed by atoms with Crippen molar-refractivity contribution in [3.05, 3.63) is 35.4 Å². The van der Waals surface area contributed by atoms with Crippen LogP contribution in [-0.4, -0.2) is 54.6 Å². The van der Waals surface area contributed by atoms with Gasteiger partial charge >= 0.3 is 0 Å². The third-order valence-electron chi connectivity index (χ3n) is 4.20. The highest BCUT2D eigenvalue weighted by Crippen LogP contribution is 2.26. The van der Waals surface area contributed by atoms with Crippen LogP contribution in [-0.2, 0) is 6.54 Å². The number of hydrogen-bond donors (Lipinski definition) is 1. The number of nitrogens with zero attached hydrogens (tertiary/aromatic N) is 2. The third kappa shape index (κ3) is 4.29. The summed E-state index contributed by atoms with van der Waals surface area (Å²) in [5.74, 6) is 0.423. The Labute approximate surface area is 127 Å². The fourth-order valence-corrected chi connectivity index (χ4v) is 3.07. The van der Waals surface area contributed by atoms with Crippen molar-refractivity contribution >= 4 is 5.91 Å². The van der Waals surface area contributed by atoms with E-state index in [2.05, 4.69) is 11.9 Å². The first-order valence-electron chi connectivity index (χ1n) is 7.64. The largest absolute Gasteiger partial charge is 0.393 e. The van der Waals surface area contributed by atoms with Crippen LogP contribution in [0, 0.1) is 5.92 Å². The molecule has 1 aliphatic carbocycles. The second-order valence-corrected chi connectivity index (χ2v) is 6.36. The molecule has 0 saturated heterocycles. The van der Waals surface area contributed by atoms with Gasteiger partial charge in [0.2, 0.25) is 0 Å². The first kappa shape index (κ1) is 16.0. The molecule has 1 aromatic rings. The van der Waals surface area contributed by atoms with E-state index in [0.717, 1.165) is 43.5 Å². The Morgan fingerprint density at radius 2 is 2.05 bits per heavy atom. The van der Waals surface area contributed by atoms with Gasteiger partial charge in [-0.1, -0.05) is 18.6 Å². The number of amides is 1. The smallest absolute Gasteiger partial charge is 0.253 e. The van der Waals surface area contributed by atoms with Gasteiger partial charge in [-0.15, -0.1) is 0 Å². The third-order valence-corrected chi connectivity index (χ3v) is 4.20. The van der Waals surface area contributed by atoms with Gasteiger partial charge in [0.25, 0.3) is 5.91 Å². The maximum absolute atomic E-state index is 12.0. The van der Waals surface area contributed by atoms with Crippen LogP contribution in [0.4, 0.5) is 0 Å². The Hall–Kier alpha value is -1.39. The molecular weight excluding hydrogens is 264 g/mol. The first-order chi connectivity index (χ1) is 9.97. The topological polar surface area (TPSA) is 43.8 Å². The van der Waals surface area contributed by atoms with Crippen molar-refractivity contribution in [2.24, 2.45) is 5.92 Å². The van der Waals surface area contributed by atoms with Gasteiger partial charge in [-0.2, -0.15) is 0 Å². The fraction of sp³-hybridized carbons (Fsp3) is 0.588. The highest BCUT2D eigenvalue weighted by Gasteiger charge is 2.26. The molecule has 0 radical (unpaired) electrons. The molecule has 0 aliphatic heterocycles. The molecule has 116 valence electrons. The molecule has 1 fully saturated rings. The van der Waals surface area contributed by atoms with E-state index in [1.165, 1.54) is 0 Å². The minimum Gasteiger partial charge on any atom is -0.393 e. The summed E-state index contributed by atoms with van der Waals surface area (Å²) >= 11 is 0. The zero-order chi connectivity index (χ0) is 15.4. The number of hydrogen-bond acceptors (Lipinski definition) is 3. The number of rotatable bonds is 5. The number of aliphatic hydroxyl groups excluding tert-OH is 1. The molecule has 2 atom stereocenters. The predicted molar refractivity (Wildman–Crippen MR) is 84.1 cm³/mol. The average molecular weight is 290 g/mol. The lowest BCUT2D eigenvalue weighted by Gasteiger charge is -2.23. The highest BCUT2D eigenvalue weighted by atomic mass is 16.3. The summed E-state index contributed by atoms with van der Waals surface area (Å²) in [5, 5.41) is 9.91. The Bertz CT molecular complexity index is 487. The van der Waals surface area contributed by atoms with Crippen LogP contribution < -0.4 is 0 Å². The molecule has 1 aromatic carbocycles. The number of benzene rings is 1. The number of carbonyl (C=O) groups excluding carboxylic acids is 1. The molecule has 2 unspecified atom stereocenters. The lowest BCUT2D eigenvalue weighted by molar-refractivity contribution is 0.0827. The summed E-state index contributed by atoms with van der Waals surface area (Å²) in [6.07, 6.45) is 3.04. The molecule has 1 N–H and O–H groups in total. The minimum absolute atomic E-state index is 0.0331. The summed E-state index contributed by atoms with van der Waals surface area (Å²) in [6.45, 7) is 1.71. The van der Waals surface area contributed by atoms with E-state index in [4.69, 9.17) is 0 Å². The van der Waals surface area contributed by atoms with Crippen LogP contribution in [0.25, 0.3) is 0 Å². The highest BCUT2D eigenvalue weighted by molar-refractivity contribution is 5.94. The fourth-order valence-electron chi connectivity index (χ4n) is 3.07. The van der Waals surface area contributed by atoms with Gasteiger partial charge in [-0.3, -0.25) is 4.79 Å². The predicted octanol–water partition coefficient (Wildman–Crippen LogP) is 1.98. The van der Waals surface area contributed by atoms with Crippen LogP contribution in [0.5, 0.6) is 0 Å². The van der Waals surface area contributed by atoms with Crippen molar-refractivity contribution in [2.45, 2.75) is 31.9 Å². The first-order valence-corrected chi connectivity index (χ1v) is 7.64. The van der Waals surface area contributed by atoms with Crippen molar-refractivity contribution < 1.29 is 9.90 Å². The SMILES string of the molecule is CN(Cc1cccc(C(=O)N(C)C)c1)CC1CCCC1O. The molecule has 4 nitrogen and oxygen atoms in total. The normalized spacial score (nSPS) is 21.8.